The molecule has 0 bridgehead atoms. The molecule has 250 valence electrons. The molecule has 0 spiro atoms. The quantitative estimate of drug-likeness (QED) is 0.0627. The first kappa shape index (κ1) is 35.4. The fourth-order valence-electron chi connectivity index (χ4n) is 5.04. The Morgan fingerprint density at radius 1 is 0.750 bits per heavy atom. The number of carboxylic acid groups (broad SMARTS) is 1. The van der Waals surface area contributed by atoms with Crippen molar-refractivity contribution in [2.24, 2.45) is 0 Å². The Labute approximate surface area is 281 Å². The molecular weight excluding hydrogens is 608 g/mol. The molecule has 9 nitrogen and oxygen atoms in total. The number of aryl methyl sites for hydroxylation is 1. The average molecular weight is 651 g/mol. The van der Waals surface area contributed by atoms with E-state index in [9.17, 15) is 24.3 Å². The zero-order valence-corrected chi connectivity index (χ0v) is 27.4. The topological polar surface area (TPSA) is 131 Å². The summed E-state index contributed by atoms with van der Waals surface area (Å²) in [5.74, 6) is -1.47. The predicted octanol–water partition coefficient (Wildman–Crippen LogP) is 7.17. The first-order chi connectivity index (χ1) is 23.2. The molecule has 4 aromatic carbocycles. The molecule has 0 aliphatic rings. The van der Waals surface area contributed by atoms with E-state index in [-0.39, 0.29) is 24.3 Å². The van der Waals surface area contributed by atoms with Crippen LogP contribution < -0.4 is 20.1 Å². The molecule has 0 aromatic heterocycles. The van der Waals surface area contributed by atoms with Crippen molar-refractivity contribution in [2.45, 2.75) is 64.8 Å². The summed E-state index contributed by atoms with van der Waals surface area (Å²) in [6.07, 6.45) is 6.00. The van der Waals surface area contributed by atoms with E-state index in [1.807, 2.05) is 31.2 Å². The van der Waals surface area contributed by atoms with Crippen LogP contribution in [0, 0.1) is 6.92 Å². The molecule has 2 amide bonds. The van der Waals surface area contributed by atoms with Gasteiger partial charge in [-0.15, -0.1) is 0 Å². The zero-order valence-electron chi connectivity index (χ0n) is 27.4. The number of anilines is 1. The minimum atomic E-state index is -1.20. The minimum Gasteiger partial charge on any atom is -0.494 e. The molecule has 0 aliphatic carbocycles. The summed E-state index contributed by atoms with van der Waals surface area (Å²) in [4.78, 5) is 49.9. The highest BCUT2D eigenvalue weighted by atomic mass is 16.5. The van der Waals surface area contributed by atoms with Crippen molar-refractivity contribution in [2.75, 3.05) is 11.9 Å². The van der Waals surface area contributed by atoms with Gasteiger partial charge in [-0.1, -0.05) is 74.6 Å². The van der Waals surface area contributed by atoms with Crippen LogP contribution in [0.4, 0.5) is 5.69 Å². The van der Waals surface area contributed by atoms with E-state index in [1.165, 1.54) is 31.4 Å². The van der Waals surface area contributed by atoms with Gasteiger partial charge in [0.1, 0.15) is 17.5 Å². The van der Waals surface area contributed by atoms with Crippen molar-refractivity contribution in [3.05, 3.63) is 125 Å². The highest BCUT2D eigenvalue weighted by molar-refractivity contribution is 5.98. The molecule has 0 radical (unpaired) electrons. The summed E-state index contributed by atoms with van der Waals surface area (Å²) in [6.45, 7) is 4.78. The number of unbranched alkanes of at least 4 members (excludes halogenated alkanes) is 4. The van der Waals surface area contributed by atoms with Gasteiger partial charge >= 0.3 is 11.9 Å². The number of carbonyl (C=O) groups is 4. The van der Waals surface area contributed by atoms with Crippen molar-refractivity contribution >= 4 is 29.4 Å². The largest absolute Gasteiger partial charge is 0.494 e. The summed E-state index contributed by atoms with van der Waals surface area (Å²) >= 11 is 0. The van der Waals surface area contributed by atoms with Crippen LogP contribution in [0.2, 0.25) is 0 Å². The number of esters is 1. The summed E-state index contributed by atoms with van der Waals surface area (Å²) in [7, 11) is 0. The normalized spacial score (nSPS) is 11.3. The van der Waals surface area contributed by atoms with Gasteiger partial charge in [-0.25, -0.2) is 9.59 Å². The van der Waals surface area contributed by atoms with Gasteiger partial charge in [-0.2, -0.15) is 0 Å². The second-order valence-corrected chi connectivity index (χ2v) is 11.7. The maximum atomic E-state index is 12.9. The van der Waals surface area contributed by atoms with Crippen LogP contribution in [-0.4, -0.2) is 41.5 Å². The predicted molar refractivity (Wildman–Crippen MR) is 185 cm³/mol. The number of benzene rings is 4. The van der Waals surface area contributed by atoms with E-state index < -0.39 is 23.9 Å². The van der Waals surface area contributed by atoms with E-state index >= 15 is 0 Å². The second-order valence-electron chi connectivity index (χ2n) is 11.7. The standard InChI is InChI=1S/C39H42N2O7/c1-3-4-5-6-7-23-47-33-21-15-31(16-22-33)39(46)48-34-19-11-28(12-20-34)25-35(38(44)45)41-37(43)30-13-17-32(18-14-30)40-36(42)26-29-10-8-9-27(2)24-29/h8-22,24,35H,3-7,23,25-26H2,1-2H3,(H,40,42)(H,41,43)(H,44,45)/t35-/m0/s1. The number of aliphatic carboxylic acids is 1. The molecule has 4 rings (SSSR count). The second kappa shape index (κ2) is 18.0. The Morgan fingerprint density at radius 3 is 2.08 bits per heavy atom. The van der Waals surface area contributed by atoms with Gasteiger partial charge in [-0.05, 0) is 85.1 Å². The SMILES string of the molecule is CCCCCCCOc1ccc(C(=O)Oc2ccc(C[C@H](NC(=O)c3ccc(NC(=O)Cc4cccc(C)c4)cc3)C(=O)O)cc2)cc1. The summed E-state index contributed by atoms with van der Waals surface area (Å²) in [5.41, 5.74) is 3.75. The zero-order chi connectivity index (χ0) is 34.3. The van der Waals surface area contributed by atoms with Crippen LogP contribution >= 0.6 is 0 Å². The van der Waals surface area contributed by atoms with Crippen LogP contribution in [0.25, 0.3) is 0 Å². The number of rotatable bonds is 17. The molecule has 0 fully saturated rings. The lowest BCUT2D eigenvalue weighted by Crippen LogP contribution is -2.42. The van der Waals surface area contributed by atoms with E-state index in [2.05, 4.69) is 17.6 Å². The molecule has 0 unspecified atom stereocenters. The molecule has 4 aromatic rings. The molecule has 1 atom stereocenters. The van der Waals surface area contributed by atoms with Crippen molar-refractivity contribution < 1.29 is 33.8 Å². The van der Waals surface area contributed by atoms with Crippen LogP contribution in [0.15, 0.2) is 97.1 Å². The summed E-state index contributed by atoms with van der Waals surface area (Å²) in [5, 5.41) is 15.1. The third kappa shape index (κ3) is 11.4. The van der Waals surface area contributed by atoms with Gasteiger partial charge < -0.3 is 25.2 Å². The van der Waals surface area contributed by atoms with Crippen LogP contribution in [0.3, 0.4) is 0 Å². The van der Waals surface area contributed by atoms with Gasteiger partial charge in [0.15, 0.2) is 0 Å². The number of amides is 2. The van der Waals surface area contributed by atoms with Crippen molar-refractivity contribution in [3.63, 3.8) is 0 Å². The average Bonchev–Trinajstić information content (AvgIpc) is 3.07. The fourth-order valence-corrected chi connectivity index (χ4v) is 5.04. The molecule has 48 heavy (non-hydrogen) atoms. The molecule has 0 aliphatic heterocycles. The first-order valence-electron chi connectivity index (χ1n) is 16.2. The molecule has 0 saturated carbocycles. The minimum absolute atomic E-state index is 0.0163. The first-order valence-corrected chi connectivity index (χ1v) is 16.2. The van der Waals surface area contributed by atoms with Gasteiger partial charge in [0.2, 0.25) is 5.91 Å². The number of carboxylic acids is 1. The van der Waals surface area contributed by atoms with Crippen LogP contribution in [0.5, 0.6) is 11.5 Å². The highest BCUT2D eigenvalue weighted by Gasteiger charge is 2.21. The van der Waals surface area contributed by atoms with Crippen LogP contribution in [0.1, 0.15) is 76.4 Å². The van der Waals surface area contributed by atoms with Crippen molar-refractivity contribution in [3.8, 4) is 11.5 Å². The third-order valence-electron chi connectivity index (χ3n) is 7.66. The van der Waals surface area contributed by atoms with E-state index in [1.54, 1.807) is 60.7 Å². The Morgan fingerprint density at radius 2 is 1.42 bits per heavy atom. The Hall–Kier alpha value is -5.44. The van der Waals surface area contributed by atoms with E-state index in [0.717, 1.165) is 24.0 Å². The van der Waals surface area contributed by atoms with Gasteiger partial charge in [0.05, 0.1) is 18.6 Å². The maximum absolute atomic E-state index is 12.9. The molecule has 3 N–H and O–H groups in total. The monoisotopic (exact) mass is 650 g/mol. The fraction of sp³-hybridized carbons (Fsp3) is 0.282. The van der Waals surface area contributed by atoms with Crippen molar-refractivity contribution in [1.82, 2.24) is 5.32 Å². The van der Waals surface area contributed by atoms with Crippen LogP contribution in [-0.2, 0) is 22.4 Å². The molecular formula is C39H42N2O7. The lowest BCUT2D eigenvalue weighted by atomic mass is 10.0. The molecule has 0 heterocycles. The van der Waals surface area contributed by atoms with Gasteiger partial charge in [0.25, 0.3) is 5.91 Å². The number of nitrogens with one attached hydrogen (secondary N) is 2. The maximum Gasteiger partial charge on any atom is 0.343 e. The third-order valence-corrected chi connectivity index (χ3v) is 7.66. The number of carbonyl (C=O) groups excluding carboxylic acids is 3. The Balaban J connectivity index is 1.24. The lowest BCUT2D eigenvalue weighted by Gasteiger charge is -2.15. The number of ether oxygens (including phenoxy) is 2. The Bertz CT molecular complexity index is 1670. The highest BCUT2D eigenvalue weighted by Crippen LogP contribution is 2.19. The Kier molecular flexibility index (Phi) is 13.3. The summed E-state index contributed by atoms with van der Waals surface area (Å²) in [6, 6.07) is 26.0. The summed E-state index contributed by atoms with van der Waals surface area (Å²) < 4.78 is 11.2. The van der Waals surface area contributed by atoms with Crippen molar-refractivity contribution in [1.29, 1.82) is 0 Å². The lowest BCUT2D eigenvalue weighted by molar-refractivity contribution is -0.139. The van der Waals surface area contributed by atoms with Gasteiger partial charge in [0, 0.05) is 17.7 Å². The number of hydrogen-bond acceptors (Lipinski definition) is 6. The van der Waals surface area contributed by atoms with E-state index in [4.69, 9.17) is 9.47 Å². The number of hydrogen-bond donors (Lipinski definition) is 3. The molecule has 0 saturated heterocycles. The van der Waals surface area contributed by atoms with E-state index in [0.29, 0.717) is 34.9 Å². The molecule has 9 heteroatoms. The smallest absolute Gasteiger partial charge is 0.343 e. The van der Waals surface area contributed by atoms with Gasteiger partial charge in [-0.3, -0.25) is 9.59 Å².